The first-order valence-corrected chi connectivity index (χ1v) is 7.52. The summed E-state index contributed by atoms with van der Waals surface area (Å²) in [4.78, 5) is 1.50. The van der Waals surface area contributed by atoms with E-state index in [0.29, 0.717) is 0 Å². The van der Waals surface area contributed by atoms with E-state index in [1.807, 2.05) is 6.07 Å². The van der Waals surface area contributed by atoms with Crippen LogP contribution in [0.2, 0.25) is 4.34 Å². The molecule has 4 atom stereocenters. The van der Waals surface area contributed by atoms with Crippen LogP contribution in [0.5, 0.6) is 0 Å². The zero-order chi connectivity index (χ0) is 11.7. The molecule has 1 aromatic heterocycles. The average molecular weight is 257 g/mol. The number of hydrogen-bond donors (Lipinski definition) is 0. The van der Waals surface area contributed by atoms with Crippen molar-refractivity contribution in [2.75, 3.05) is 0 Å². The fraction of sp³-hybridized carbons (Fsp3) is 0.714. The summed E-state index contributed by atoms with van der Waals surface area (Å²) in [7, 11) is 0. The first-order valence-electron chi connectivity index (χ1n) is 6.33. The Morgan fingerprint density at radius 1 is 1.06 bits per heavy atom. The van der Waals surface area contributed by atoms with Gasteiger partial charge in [-0.1, -0.05) is 38.8 Å². The second kappa shape index (κ2) is 5.10. The van der Waals surface area contributed by atoms with Crippen LogP contribution in [-0.2, 0) is 0 Å². The van der Waals surface area contributed by atoms with Gasteiger partial charge in [0.15, 0.2) is 0 Å². The molecule has 0 radical (unpaired) electrons. The molecule has 90 valence electrons. The largest absolute Gasteiger partial charge is 0.128 e. The summed E-state index contributed by atoms with van der Waals surface area (Å²) in [5, 5.41) is 0. The summed E-state index contributed by atoms with van der Waals surface area (Å²) < 4.78 is 0.937. The third-order valence-electron chi connectivity index (χ3n) is 4.32. The highest BCUT2D eigenvalue weighted by Crippen LogP contribution is 2.43. The average Bonchev–Trinajstić information content (AvgIpc) is 2.63. The molecule has 1 aliphatic carbocycles. The van der Waals surface area contributed by atoms with Gasteiger partial charge < -0.3 is 0 Å². The fourth-order valence-electron chi connectivity index (χ4n) is 2.80. The Balaban J connectivity index is 2.18. The molecule has 1 fully saturated rings. The lowest BCUT2D eigenvalue weighted by Crippen LogP contribution is -2.10. The lowest BCUT2D eigenvalue weighted by molar-refractivity contribution is 0.355. The molecule has 1 heterocycles. The van der Waals surface area contributed by atoms with E-state index in [1.165, 1.54) is 24.1 Å². The molecule has 0 N–H and O–H groups in total. The molecule has 0 aromatic carbocycles. The topological polar surface area (TPSA) is 0 Å². The summed E-state index contributed by atoms with van der Waals surface area (Å²) in [6.45, 7) is 7.22. The standard InChI is InChI=1S/C14H21ClS/c1-9-4-5-10(2)12(8-11(9)3)13-6-7-14(15)16-13/h6-7,9-12H,4-5,8H2,1-3H3/t9?,10-,11+,12-/m0/s1. The highest BCUT2D eigenvalue weighted by molar-refractivity contribution is 7.16. The van der Waals surface area contributed by atoms with E-state index in [1.54, 1.807) is 11.3 Å². The van der Waals surface area contributed by atoms with E-state index in [0.717, 1.165) is 28.0 Å². The molecule has 1 aliphatic rings. The number of halogens is 1. The van der Waals surface area contributed by atoms with Gasteiger partial charge in [-0.15, -0.1) is 11.3 Å². The van der Waals surface area contributed by atoms with Crippen molar-refractivity contribution in [2.24, 2.45) is 17.8 Å². The van der Waals surface area contributed by atoms with Crippen molar-refractivity contribution >= 4 is 22.9 Å². The van der Waals surface area contributed by atoms with Crippen LogP contribution in [0, 0.1) is 17.8 Å². The van der Waals surface area contributed by atoms with Crippen molar-refractivity contribution in [3.8, 4) is 0 Å². The van der Waals surface area contributed by atoms with Crippen molar-refractivity contribution < 1.29 is 0 Å². The van der Waals surface area contributed by atoms with Crippen LogP contribution in [0.1, 0.15) is 50.8 Å². The molecule has 2 rings (SSSR count). The molecule has 0 spiro atoms. The maximum Gasteiger partial charge on any atom is 0.0931 e. The molecule has 0 saturated heterocycles. The van der Waals surface area contributed by atoms with Gasteiger partial charge in [0.25, 0.3) is 0 Å². The third kappa shape index (κ3) is 2.62. The normalized spacial score (nSPS) is 36.0. The molecule has 1 unspecified atom stereocenters. The Hall–Kier alpha value is -0.0100. The fourth-order valence-corrected chi connectivity index (χ4v) is 4.11. The van der Waals surface area contributed by atoms with Crippen LogP contribution in [0.4, 0.5) is 0 Å². The molecule has 0 bridgehead atoms. The maximum atomic E-state index is 6.05. The molecule has 1 aromatic rings. The Morgan fingerprint density at radius 3 is 2.38 bits per heavy atom. The predicted molar refractivity (Wildman–Crippen MR) is 73.4 cm³/mol. The van der Waals surface area contributed by atoms with E-state index in [2.05, 4.69) is 26.8 Å². The van der Waals surface area contributed by atoms with Crippen molar-refractivity contribution in [1.82, 2.24) is 0 Å². The Bertz CT molecular complexity index is 344. The summed E-state index contributed by atoms with van der Waals surface area (Å²) in [6.07, 6.45) is 4.09. The van der Waals surface area contributed by atoms with E-state index >= 15 is 0 Å². The number of rotatable bonds is 1. The SMILES string of the molecule is CC1CC[C@H](C)[C@@H](c2ccc(Cl)s2)C[C@H]1C. The van der Waals surface area contributed by atoms with Crippen LogP contribution in [0.3, 0.4) is 0 Å². The second-order valence-corrected chi connectivity index (χ2v) is 7.24. The molecule has 16 heavy (non-hydrogen) atoms. The third-order valence-corrected chi connectivity index (χ3v) is 5.68. The van der Waals surface area contributed by atoms with Crippen molar-refractivity contribution in [3.63, 3.8) is 0 Å². The van der Waals surface area contributed by atoms with E-state index < -0.39 is 0 Å². The van der Waals surface area contributed by atoms with E-state index in [4.69, 9.17) is 11.6 Å². The van der Waals surface area contributed by atoms with Gasteiger partial charge in [0.2, 0.25) is 0 Å². The zero-order valence-electron chi connectivity index (χ0n) is 10.4. The highest BCUT2D eigenvalue weighted by Gasteiger charge is 2.29. The van der Waals surface area contributed by atoms with Gasteiger partial charge in [-0.2, -0.15) is 0 Å². The smallest absolute Gasteiger partial charge is 0.0931 e. The lowest BCUT2D eigenvalue weighted by atomic mass is 9.85. The molecule has 0 nitrogen and oxygen atoms in total. The summed E-state index contributed by atoms with van der Waals surface area (Å²) in [6, 6.07) is 4.28. The molecular formula is C14H21ClS. The van der Waals surface area contributed by atoms with Gasteiger partial charge >= 0.3 is 0 Å². The molecule has 0 aliphatic heterocycles. The van der Waals surface area contributed by atoms with Gasteiger partial charge in [-0.25, -0.2) is 0 Å². The Labute approximate surface area is 108 Å². The predicted octanol–water partition coefficient (Wildman–Crippen LogP) is 5.58. The van der Waals surface area contributed by atoms with Crippen LogP contribution >= 0.6 is 22.9 Å². The summed E-state index contributed by atoms with van der Waals surface area (Å²) in [5.74, 6) is 3.26. The van der Waals surface area contributed by atoms with E-state index in [9.17, 15) is 0 Å². The summed E-state index contributed by atoms with van der Waals surface area (Å²) >= 11 is 7.83. The number of hydrogen-bond acceptors (Lipinski definition) is 1. The monoisotopic (exact) mass is 256 g/mol. The molecule has 1 saturated carbocycles. The van der Waals surface area contributed by atoms with Crippen LogP contribution < -0.4 is 0 Å². The van der Waals surface area contributed by atoms with Crippen molar-refractivity contribution in [3.05, 3.63) is 21.3 Å². The highest BCUT2D eigenvalue weighted by atomic mass is 35.5. The Kier molecular flexibility index (Phi) is 3.97. The minimum Gasteiger partial charge on any atom is -0.128 e. The molecule has 2 heteroatoms. The summed E-state index contributed by atoms with van der Waals surface area (Å²) in [5.41, 5.74) is 0. The van der Waals surface area contributed by atoms with Gasteiger partial charge in [0.1, 0.15) is 0 Å². The first kappa shape index (κ1) is 12.4. The molecular weight excluding hydrogens is 236 g/mol. The first-order chi connectivity index (χ1) is 7.58. The Morgan fingerprint density at radius 2 is 1.75 bits per heavy atom. The zero-order valence-corrected chi connectivity index (χ0v) is 11.9. The van der Waals surface area contributed by atoms with Gasteiger partial charge in [0.05, 0.1) is 4.34 Å². The molecule has 0 amide bonds. The number of thiophene rings is 1. The van der Waals surface area contributed by atoms with Crippen LogP contribution in [0.15, 0.2) is 12.1 Å². The van der Waals surface area contributed by atoms with Gasteiger partial charge in [-0.05, 0) is 48.6 Å². The van der Waals surface area contributed by atoms with Crippen molar-refractivity contribution in [2.45, 2.75) is 46.0 Å². The second-order valence-electron chi connectivity index (χ2n) is 5.49. The van der Waals surface area contributed by atoms with Crippen molar-refractivity contribution in [1.29, 1.82) is 0 Å². The van der Waals surface area contributed by atoms with Crippen LogP contribution in [0.25, 0.3) is 0 Å². The van der Waals surface area contributed by atoms with Gasteiger partial charge in [0, 0.05) is 4.88 Å². The quantitative estimate of drug-likeness (QED) is 0.576. The minimum atomic E-state index is 0.734. The lowest BCUT2D eigenvalue weighted by Gasteiger charge is -2.22. The van der Waals surface area contributed by atoms with Crippen LogP contribution in [-0.4, -0.2) is 0 Å². The van der Waals surface area contributed by atoms with E-state index in [-0.39, 0.29) is 0 Å². The minimum absolute atomic E-state index is 0.734. The maximum absolute atomic E-state index is 6.05. The van der Waals surface area contributed by atoms with Gasteiger partial charge in [-0.3, -0.25) is 0 Å².